The third kappa shape index (κ3) is 4.27. The van der Waals surface area contributed by atoms with Gasteiger partial charge in [-0.05, 0) is 24.0 Å². The summed E-state index contributed by atoms with van der Waals surface area (Å²) in [7, 11) is 0. The van der Waals surface area contributed by atoms with Crippen LogP contribution in [0, 0.1) is 17.3 Å². The van der Waals surface area contributed by atoms with Gasteiger partial charge < -0.3 is 4.74 Å². The van der Waals surface area contributed by atoms with Crippen molar-refractivity contribution in [1.82, 2.24) is 0 Å². The Kier molecular flexibility index (Phi) is 4.56. The van der Waals surface area contributed by atoms with Gasteiger partial charge in [-0.2, -0.15) is 0 Å². The molecule has 0 N–H and O–H groups in total. The van der Waals surface area contributed by atoms with Crippen molar-refractivity contribution in [2.45, 2.75) is 32.1 Å². The molecule has 0 aliphatic carbocycles. The van der Waals surface area contributed by atoms with E-state index < -0.39 is 0 Å². The number of rotatable bonds is 4. The molecule has 0 bridgehead atoms. The Morgan fingerprint density at radius 1 is 1.26 bits per heavy atom. The number of carbonyl (C=O) groups is 1. The molecule has 0 amide bonds. The van der Waals surface area contributed by atoms with E-state index in [1.54, 1.807) is 0 Å². The molecule has 1 heterocycles. The smallest absolute Gasteiger partial charge is 0.309 e. The molecule has 19 heavy (non-hydrogen) atoms. The van der Waals surface area contributed by atoms with Gasteiger partial charge in [0.1, 0.15) is 0 Å². The van der Waals surface area contributed by atoms with Crippen LogP contribution in [0.1, 0.15) is 27.2 Å². The molecule has 1 aliphatic heterocycles. The molecule has 0 aromatic heterocycles. The summed E-state index contributed by atoms with van der Waals surface area (Å²) in [5, 5.41) is 0. The lowest BCUT2D eigenvalue weighted by Gasteiger charge is -2.24. The summed E-state index contributed by atoms with van der Waals surface area (Å²) in [6.07, 6.45) is 0.909. The van der Waals surface area contributed by atoms with Crippen LogP contribution in [0.3, 0.4) is 0 Å². The summed E-state index contributed by atoms with van der Waals surface area (Å²) in [6, 6.07) is 10.3. The minimum Gasteiger partial charge on any atom is -0.465 e. The second-order valence-corrected chi connectivity index (χ2v) is 7.48. The van der Waals surface area contributed by atoms with Gasteiger partial charge in [0.05, 0.1) is 12.5 Å². The second kappa shape index (κ2) is 6.00. The topological polar surface area (TPSA) is 26.3 Å². The molecule has 1 aliphatic rings. The molecule has 2 nitrogen and oxygen atoms in total. The van der Waals surface area contributed by atoms with Crippen LogP contribution in [0.2, 0.25) is 0 Å². The lowest BCUT2D eigenvalue weighted by Crippen LogP contribution is -2.23. The number of thioether (sulfide) groups is 1. The minimum atomic E-state index is -0.00594. The van der Waals surface area contributed by atoms with E-state index in [9.17, 15) is 4.79 Å². The van der Waals surface area contributed by atoms with E-state index in [-0.39, 0.29) is 17.3 Å². The Labute approximate surface area is 119 Å². The first-order valence-corrected chi connectivity index (χ1v) is 7.79. The Hall–Kier alpha value is -0.960. The summed E-state index contributed by atoms with van der Waals surface area (Å²) in [6.45, 7) is 7.12. The van der Waals surface area contributed by atoms with Crippen LogP contribution >= 0.6 is 11.8 Å². The Balaban J connectivity index is 1.93. The van der Waals surface area contributed by atoms with Crippen LogP contribution in [-0.2, 0) is 9.53 Å². The first-order valence-electron chi connectivity index (χ1n) is 6.80. The second-order valence-electron chi connectivity index (χ2n) is 6.39. The van der Waals surface area contributed by atoms with Crippen molar-refractivity contribution in [3.8, 4) is 0 Å². The van der Waals surface area contributed by atoms with Crippen molar-refractivity contribution in [3.05, 3.63) is 30.3 Å². The maximum absolute atomic E-state index is 11.8. The zero-order chi connectivity index (χ0) is 13.9. The molecular weight excluding hydrogens is 256 g/mol. The van der Waals surface area contributed by atoms with Crippen molar-refractivity contribution in [2.24, 2.45) is 17.3 Å². The van der Waals surface area contributed by atoms with E-state index in [0.29, 0.717) is 12.5 Å². The first-order chi connectivity index (χ1) is 8.96. The maximum atomic E-state index is 11.8. The Bertz CT molecular complexity index is 422. The number of hydrogen-bond donors (Lipinski definition) is 0. The lowest BCUT2D eigenvalue weighted by molar-refractivity contribution is -0.142. The molecule has 0 saturated carbocycles. The highest BCUT2D eigenvalue weighted by atomic mass is 32.2. The molecule has 1 aromatic carbocycles. The molecular formula is C16H22O2S. The quantitative estimate of drug-likeness (QED) is 0.615. The fourth-order valence-electron chi connectivity index (χ4n) is 2.40. The zero-order valence-electron chi connectivity index (χ0n) is 11.9. The molecule has 1 saturated heterocycles. The van der Waals surface area contributed by atoms with Gasteiger partial charge in [0.15, 0.2) is 0 Å². The molecule has 104 valence electrons. The SMILES string of the molecule is CC(C)(C)C[C@@H]1C(=O)OC[C@H]1CSc1ccccc1. The summed E-state index contributed by atoms with van der Waals surface area (Å²) >= 11 is 1.82. The van der Waals surface area contributed by atoms with E-state index in [0.717, 1.165) is 12.2 Å². The van der Waals surface area contributed by atoms with Gasteiger partial charge in [-0.15, -0.1) is 11.8 Å². The minimum absolute atomic E-state index is 0.00594. The summed E-state index contributed by atoms with van der Waals surface area (Å²) < 4.78 is 5.26. The highest BCUT2D eigenvalue weighted by Gasteiger charge is 2.38. The van der Waals surface area contributed by atoms with Crippen molar-refractivity contribution in [1.29, 1.82) is 0 Å². The van der Waals surface area contributed by atoms with Gasteiger partial charge in [-0.3, -0.25) is 4.79 Å². The Morgan fingerprint density at radius 3 is 2.58 bits per heavy atom. The first kappa shape index (κ1) is 14.4. The van der Waals surface area contributed by atoms with Gasteiger partial charge in [0, 0.05) is 16.6 Å². The summed E-state index contributed by atoms with van der Waals surface area (Å²) in [4.78, 5) is 13.1. The van der Waals surface area contributed by atoms with Gasteiger partial charge in [0.2, 0.25) is 0 Å². The van der Waals surface area contributed by atoms with E-state index in [1.165, 1.54) is 4.90 Å². The number of cyclic esters (lactones) is 1. The fraction of sp³-hybridized carbons (Fsp3) is 0.562. The number of carbonyl (C=O) groups excluding carboxylic acids is 1. The van der Waals surface area contributed by atoms with Crippen LogP contribution in [0.4, 0.5) is 0 Å². The highest BCUT2D eigenvalue weighted by molar-refractivity contribution is 7.99. The third-order valence-corrected chi connectivity index (χ3v) is 4.55. The van der Waals surface area contributed by atoms with Crippen LogP contribution in [-0.4, -0.2) is 18.3 Å². The fourth-order valence-corrected chi connectivity index (χ4v) is 3.48. The average Bonchev–Trinajstić information content (AvgIpc) is 2.68. The molecule has 0 unspecified atom stereocenters. The van der Waals surface area contributed by atoms with E-state index >= 15 is 0 Å². The third-order valence-electron chi connectivity index (χ3n) is 3.35. The van der Waals surface area contributed by atoms with Crippen LogP contribution in [0.5, 0.6) is 0 Å². The van der Waals surface area contributed by atoms with Crippen molar-refractivity contribution in [3.63, 3.8) is 0 Å². The number of ether oxygens (including phenoxy) is 1. The van der Waals surface area contributed by atoms with Gasteiger partial charge in [0.25, 0.3) is 0 Å². The molecule has 1 fully saturated rings. The van der Waals surface area contributed by atoms with Crippen LogP contribution in [0.15, 0.2) is 35.2 Å². The summed E-state index contributed by atoms with van der Waals surface area (Å²) in [5.74, 6) is 1.36. The van der Waals surface area contributed by atoms with Crippen LogP contribution in [0.25, 0.3) is 0 Å². The van der Waals surface area contributed by atoms with Crippen LogP contribution < -0.4 is 0 Å². The Morgan fingerprint density at radius 2 is 1.95 bits per heavy atom. The largest absolute Gasteiger partial charge is 0.465 e. The molecule has 2 atom stereocenters. The maximum Gasteiger partial charge on any atom is 0.309 e. The highest BCUT2D eigenvalue weighted by Crippen LogP contribution is 2.36. The average molecular weight is 278 g/mol. The zero-order valence-corrected chi connectivity index (χ0v) is 12.7. The molecule has 2 rings (SSSR count). The van der Waals surface area contributed by atoms with E-state index in [4.69, 9.17) is 4.74 Å². The molecule has 0 radical (unpaired) electrons. The standard InChI is InChI=1S/C16H22O2S/c1-16(2,3)9-14-12(10-18-15(14)17)11-19-13-7-5-4-6-8-13/h4-8,12,14H,9-11H2,1-3H3/t12-,14-/m0/s1. The van der Waals surface area contributed by atoms with E-state index in [2.05, 4.69) is 32.9 Å². The molecule has 0 spiro atoms. The van der Waals surface area contributed by atoms with Crippen molar-refractivity contribution >= 4 is 17.7 Å². The van der Waals surface area contributed by atoms with Gasteiger partial charge >= 0.3 is 5.97 Å². The number of benzene rings is 1. The van der Waals surface area contributed by atoms with Crippen molar-refractivity contribution < 1.29 is 9.53 Å². The van der Waals surface area contributed by atoms with Gasteiger partial charge in [-0.25, -0.2) is 0 Å². The van der Waals surface area contributed by atoms with Crippen molar-refractivity contribution in [2.75, 3.05) is 12.4 Å². The number of esters is 1. The number of hydrogen-bond acceptors (Lipinski definition) is 3. The van der Waals surface area contributed by atoms with Gasteiger partial charge in [-0.1, -0.05) is 39.0 Å². The predicted molar refractivity (Wildman–Crippen MR) is 79.2 cm³/mol. The molecule has 1 aromatic rings. The lowest BCUT2D eigenvalue weighted by atomic mass is 9.80. The summed E-state index contributed by atoms with van der Waals surface area (Å²) in [5.41, 5.74) is 0.170. The predicted octanol–water partition coefficient (Wildman–Crippen LogP) is 4.00. The monoisotopic (exact) mass is 278 g/mol. The molecule has 3 heteroatoms. The normalized spacial score (nSPS) is 23.4. The van der Waals surface area contributed by atoms with E-state index in [1.807, 2.05) is 30.0 Å².